The third-order valence-corrected chi connectivity index (χ3v) is 2.66. The van der Waals surface area contributed by atoms with Gasteiger partial charge in [0.15, 0.2) is 0 Å². The summed E-state index contributed by atoms with van der Waals surface area (Å²) < 4.78 is 4.67. The van der Waals surface area contributed by atoms with Crippen molar-refractivity contribution in [3.63, 3.8) is 0 Å². The van der Waals surface area contributed by atoms with Gasteiger partial charge >= 0.3 is 17.9 Å². The van der Waals surface area contributed by atoms with Crippen molar-refractivity contribution in [1.82, 2.24) is 0 Å². The lowest BCUT2D eigenvalue weighted by atomic mass is 10.1. The van der Waals surface area contributed by atoms with Crippen molar-refractivity contribution in [2.75, 3.05) is 11.9 Å². The Morgan fingerprint density at radius 1 is 1.23 bits per heavy atom. The SMILES string of the molecule is C=CCNc1ccc(CC(=O)OC(CC(=O)O)C(=O)O)cc1. The first-order valence-corrected chi connectivity index (χ1v) is 6.50. The quantitative estimate of drug-likeness (QED) is 0.465. The summed E-state index contributed by atoms with van der Waals surface area (Å²) in [6, 6.07) is 6.91. The van der Waals surface area contributed by atoms with E-state index in [0.717, 1.165) is 5.69 Å². The Kier molecular flexibility index (Phi) is 6.62. The van der Waals surface area contributed by atoms with Crippen molar-refractivity contribution < 1.29 is 29.3 Å². The third kappa shape index (κ3) is 6.08. The van der Waals surface area contributed by atoms with Crippen molar-refractivity contribution in [2.24, 2.45) is 0 Å². The van der Waals surface area contributed by atoms with Crippen molar-refractivity contribution in [2.45, 2.75) is 18.9 Å². The maximum Gasteiger partial charge on any atom is 0.345 e. The highest BCUT2D eigenvalue weighted by Crippen LogP contribution is 2.11. The molecule has 0 bridgehead atoms. The average Bonchev–Trinajstić information content (AvgIpc) is 2.45. The Balaban J connectivity index is 2.58. The topological polar surface area (TPSA) is 113 Å². The van der Waals surface area contributed by atoms with Gasteiger partial charge in [0, 0.05) is 12.2 Å². The van der Waals surface area contributed by atoms with Crippen molar-refractivity contribution in [3.05, 3.63) is 42.5 Å². The van der Waals surface area contributed by atoms with Crippen LogP contribution in [0.5, 0.6) is 0 Å². The van der Waals surface area contributed by atoms with Gasteiger partial charge in [0.2, 0.25) is 6.10 Å². The maximum atomic E-state index is 11.7. The molecule has 7 nitrogen and oxygen atoms in total. The molecule has 0 saturated heterocycles. The molecular weight excluding hydrogens is 290 g/mol. The Morgan fingerprint density at radius 3 is 2.36 bits per heavy atom. The van der Waals surface area contributed by atoms with Crippen molar-refractivity contribution in [1.29, 1.82) is 0 Å². The molecule has 1 aromatic rings. The second-order valence-corrected chi connectivity index (χ2v) is 4.46. The summed E-state index contributed by atoms with van der Waals surface area (Å²) in [7, 11) is 0. The van der Waals surface area contributed by atoms with Gasteiger partial charge in [-0.25, -0.2) is 4.79 Å². The minimum Gasteiger partial charge on any atom is -0.481 e. The van der Waals surface area contributed by atoms with E-state index in [4.69, 9.17) is 10.2 Å². The van der Waals surface area contributed by atoms with E-state index < -0.39 is 30.4 Å². The molecule has 22 heavy (non-hydrogen) atoms. The van der Waals surface area contributed by atoms with Crippen LogP contribution in [0.15, 0.2) is 36.9 Å². The van der Waals surface area contributed by atoms with E-state index >= 15 is 0 Å². The molecule has 1 aromatic carbocycles. The van der Waals surface area contributed by atoms with E-state index in [-0.39, 0.29) is 6.42 Å². The zero-order chi connectivity index (χ0) is 16.5. The summed E-state index contributed by atoms with van der Waals surface area (Å²) in [5.74, 6) is -3.63. The van der Waals surface area contributed by atoms with E-state index in [9.17, 15) is 14.4 Å². The monoisotopic (exact) mass is 307 g/mol. The molecule has 0 aliphatic heterocycles. The van der Waals surface area contributed by atoms with Gasteiger partial charge in [-0.3, -0.25) is 9.59 Å². The van der Waals surface area contributed by atoms with Gasteiger partial charge in [0.1, 0.15) is 0 Å². The predicted octanol–water partition coefficient (Wildman–Crippen LogP) is 1.30. The number of anilines is 1. The first-order chi connectivity index (χ1) is 10.4. The standard InChI is InChI=1S/C15H17NO6/c1-2-7-16-11-5-3-10(4-6-11)8-14(19)22-12(15(20)21)9-13(17)18/h2-6,12,16H,1,7-9H2,(H,17,18)(H,20,21). The fourth-order valence-corrected chi connectivity index (χ4v) is 1.64. The number of hydrogen-bond acceptors (Lipinski definition) is 5. The number of hydrogen-bond donors (Lipinski definition) is 3. The number of carbonyl (C=O) groups is 3. The largest absolute Gasteiger partial charge is 0.481 e. The van der Waals surface area contributed by atoms with Gasteiger partial charge in [-0.1, -0.05) is 18.2 Å². The van der Waals surface area contributed by atoms with E-state index in [0.29, 0.717) is 12.1 Å². The first-order valence-electron chi connectivity index (χ1n) is 6.50. The molecule has 7 heteroatoms. The van der Waals surface area contributed by atoms with Gasteiger partial charge in [-0.05, 0) is 17.7 Å². The number of carboxylic acid groups (broad SMARTS) is 2. The number of rotatable bonds is 9. The summed E-state index contributed by atoms with van der Waals surface area (Å²) in [6.45, 7) is 4.19. The minimum atomic E-state index is -1.68. The molecule has 0 aromatic heterocycles. The van der Waals surface area contributed by atoms with Crippen LogP contribution in [0.3, 0.4) is 0 Å². The Bertz CT molecular complexity index is 552. The smallest absolute Gasteiger partial charge is 0.345 e. The van der Waals surface area contributed by atoms with E-state index in [2.05, 4.69) is 16.6 Å². The van der Waals surface area contributed by atoms with Crippen molar-refractivity contribution >= 4 is 23.6 Å². The first kappa shape index (κ1) is 17.2. The van der Waals surface area contributed by atoms with Gasteiger partial charge in [-0.2, -0.15) is 0 Å². The number of esters is 1. The number of carbonyl (C=O) groups excluding carboxylic acids is 1. The summed E-state index contributed by atoms with van der Waals surface area (Å²) in [5, 5.41) is 20.4. The van der Waals surface area contributed by atoms with Gasteiger partial charge in [-0.15, -0.1) is 6.58 Å². The lowest BCUT2D eigenvalue weighted by molar-refractivity contribution is -0.166. The van der Waals surface area contributed by atoms with Crippen LogP contribution in [0.1, 0.15) is 12.0 Å². The van der Waals surface area contributed by atoms with Crippen molar-refractivity contribution in [3.8, 4) is 0 Å². The fourth-order valence-electron chi connectivity index (χ4n) is 1.64. The predicted molar refractivity (Wildman–Crippen MR) is 78.6 cm³/mol. The van der Waals surface area contributed by atoms with Crippen LogP contribution in [-0.2, 0) is 25.5 Å². The molecule has 0 saturated carbocycles. The van der Waals surface area contributed by atoms with Crippen LogP contribution in [0, 0.1) is 0 Å². The Labute approximate surface area is 127 Å². The summed E-state index contributed by atoms with van der Waals surface area (Å²) >= 11 is 0. The number of aliphatic carboxylic acids is 2. The molecule has 1 atom stereocenters. The average molecular weight is 307 g/mol. The molecule has 3 N–H and O–H groups in total. The van der Waals surface area contributed by atoms with E-state index in [1.54, 1.807) is 30.3 Å². The molecule has 0 spiro atoms. The lowest BCUT2D eigenvalue weighted by Crippen LogP contribution is -2.30. The number of ether oxygens (including phenoxy) is 1. The molecule has 118 valence electrons. The molecule has 0 heterocycles. The van der Waals surface area contributed by atoms with Gasteiger partial charge < -0.3 is 20.3 Å². The number of carboxylic acids is 2. The molecule has 0 radical (unpaired) electrons. The fraction of sp³-hybridized carbons (Fsp3) is 0.267. The highest BCUT2D eigenvalue weighted by molar-refractivity contribution is 5.83. The lowest BCUT2D eigenvalue weighted by Gasteiger charge is -2.12. The normalized spacial score (nSPS) is 11.3. The summed E-state index contributed by atoms with van der Waals surface area (Å²) in [4.78, 5) is 33.0. The number of nitrogens with one attached hydrogen (secondary N) is 1. The highest BCUT2D eigenvalue weighted by Gasteiger charge is 2.25. The third-order valence-electron chi connectivity index (χ3n) is 2.66. The second-order valence-electron chi connectivity index (χ2n) is 4.46. The molecule has 0 aliphatic rings. The van der Waals surface area contributed by atoms with E-state index in [1.807, 2.05) is 0 Å². The van der Waals surface area contributed by atoms with Gasteiger partial charge in [0.05, 0.1) is 12.8 Å². The second kappa shape index (κ2) is 8.46. The molecular formula is C15H17NO6. The summed E-state index contributed by atoms with van der Waals surface area (Å²) in [5.41, 5.74) is 1.49. The van der Waals surface area contributed by atoms with Crippen LogP contribution < -0.4 is 5.32 Å². The zero-order valence-corrected chi connectivity index (χ0v) is 11.8. The molecule has 0 aliphatic carbocycles. The zero-order valence-electron chi connectivity index (χ0n) is 11.8. The van der Waals surface area contributed by atoms with Crippen LogP contribution in [0.25, 0.3) is 0 Å². The van der Waals surface area contributed by atoms with Crippen LogP contribution in [0.2, 0.25) is 0 Å². The molecule has 0 amide bonds. The van der Waals surface area contributed by atoms with E-state index in [1.165, 1.54) is 0 Å². The Morgan fingerprint density at radius 2 is 1.86 bits per heavy atom. The number of benzene rings is 1. The summed E-state index contributed by atoms with van der Waals surface area (Å²) in [6.07, 6.45) is -0.880. The molecule has 1 unspecified atom stereocenters. The molecule has 1 rings (SSSR count). The van der Waals surface area contributed by atoms with Crippen LogP contribution in [0.4, 0.5) is 5.69 Å². The minimum absolute atomic E-state index is 0.134. The van der Waals surface area contributed by atoms with Crippen LogP contribution in [-0.4, -0.2) is 40.8 Å². The highest BCUT2D eigenvalue weighted by atomic mass is 16.6. The van der Waals surface area contributed by atoms with Gasteiger partial charge in [0.25, 0.3) is 0 Å². The maximum absolute atomic E-state index is 11.7. The Hall–Kier alpha value is -2.83. The van der Waals surface area contributed by atoms with Crippen LogP contribution >= 0.6 is 0 Å². The molecule has 0 fully saturated rings.